The number of carbonyl (C=O) groups excluding carboxylic acids is 2. The fraction of sp³-hybridized carbons (Fsp3) is 0.739. The number of phosphoric acid groups is 1. The van der Waals surface area contributed by atoms with Crippen LogP contribution in [0.25, 0.3) is 0 Å². The molecule has 324 valence electrons. The summed E-state index contributed by atoms with van der Waals surface area (Å²) >= 11 is 0. The zero-order chi connectivity index (χ0) is 41.1. The van der Waals surface area contributed by atoms with Crippen molar-refractivity contribution in [3.05, 3.63) is 60.8 Å². The van der Waals surface area contributed by atoms with Gasteiger partial charge in [0.15, 0.2) is 0 Å². The minimum atomic E-state index is -4.42. The lowest BCUT2D eigenvalue weighted by Gasteiger charge is -2.15. The molecule has 3 N–H and O–H groups in total. The molecule has 0 heterocycles. The zero-order valence-electron chi connectivity index (χ0n) is 35.6. The van der Waals surface area contributed by atoms with Gasteiger partial charge in [-0.25, -0.2) is 4.57 Å². The lowest BCUT2D eigenvalue weighted by atomic mass is 10.0. The van der Waals surface area contributed by atoms with E-state index in [0.717, 1.165) is 89.9 Å². The van der Waals surface area contributed by atoms with Crippen molar-refractivity contribution < 1.29 is 37.9 Å². The summed E-state index contributed by atoms with van der Waals surface area (Å²) in [6.07, 6.45) is 50.0. The van der Waals surface area contributed by atoms with Crippen LogP contribution < -0.4 is 5.32 Å². The summed E-state index contributed by atoms with van der Waals surface area (Å²) in [5.41, 5.74) is 0. The highest BCUT2D eigenvalue weighted by atomic mass is 31.2. The first-order chi connectivity index (χ1) is 27.3. The van der Waals surface area contributed by atoms with Crippen LogP contribution in [-0.4, -0.2) is 54.3 Å². The molecule has 56 heavy (non-hydrogen) atoms. The van der Waals surface area contributed by atoms with E-state index in [-0.39, 0.29) is 32.1 Å². The van der Waals surface area contributed by atoms with Gasteiger partial charge in [-0.2, -0.15) is 0 Å². The Hall–Kier alpha value is -2.29. The highest BCUT2D eigenvalue weighted by molar-refractivity contribution is 7.47. The Morgan fingerprint density at radius 1 is 0.571 bits per heavy atom. The lowest BCUT2D eigenvalue weighted by molar-refractivity contribution is -0.147. The number of aliphatic hydroxyl groups excluding tert-OH is 1. The first-order valence-corrected chi connectivity index (χ1v) is 23.8. The Kier molecular flexibility index (Phi) is 40.6. The molecule has 0 aliphatic rings. The molecule has 9 nitrogen and oxygen atoms in total. The molecule has 0 bridgehead atoms. The van der Waals surface area contributed by atoms with Gasteiger partial charge in [0, 0.05) is 19.4 Å². The minimum Gasteiger partial charge on any atom is -0.463 e. The molecule has 2 unspecified atom stereocenters. The van der Waals surface area contributed by atoms with Gasteiger partial charge in [0.25, 0.3) is 0 Å². The number of allylic oxidation sites excluding steroid dienone is 10. The summed E-state index contributed by atoms with van der Waals surface area (Å²) in [5, 5.41) is 12.7. The fourth-order valence-electron chi connectivity index (χ4n) is 5.88. The Morgan fingerprint density at radius 3 is 1.54 bits per heavy atom. The van der Waals surface area contributed by atoms with Gasteiger partial charge >= 0.3 is 13.8 Å². The lowest BCUT2D eigenvalue weighted by Crippen LogP contribution is -2.27. The van der Waals surface area contributed by atoms with Crippen molar-refractivity contribution in [2.75, 3.05) is 26.4 Å². The van der Waals surface area contributed by atoms with Crippen molar-refractivity contribution >= 4 is 19.7 Å². The number of hydrogen-bond acceptors (Lipinski definition) is 7. The van der Waals surface area contributed by atoms with E-state index in [1.165, 1.54) is 70.6 Å². The van der Waals surface area contributed by atoms with Crippen LogP contribution in [0.1, 0.15) is 187 Å². The van der Waals surface area contributed by atoms with Crippen LogP contribution in [0.4, 0.5) is 0 Å². The Morgan fingerprint density at radius 2 is 1.02 bits per heavy atom. The van der Waals surface area contributed by atoms with Crippen molar-refractivity contribution in [1.82, 2.24) is 5.32 Å². The van der Waals surface area contributed by atoms with Gasteiger partial charge < -0.3 is 20.1 Å². The number of carbonyl (C=O) groups is 2. The molecule has 0 aromatic carbocycles. The van der Waals surface area contributed by atoms with E-state index in [1.54, 1.807) is 0 Å². The maximum absolute atomic E-state index is 12.1. The molecule has 0 radical (unpaired) electrons. The zero-order valence-corrected chi connectivity index (χ0v) is 36.5. The summed E-state index contributed by atoms with van der Waals surface area (Å²) < 4.78 is 26.9. The second-order valence-corrected chi connectivity index (χ2v) is 16.1. The number of ether oxygens (including phenoxy) is 1. The molecule has 0 spiro atoms. The number of hydrogen-bond donors (Lipinski definition) is 3. The molecule has 2 atom stereocenters. The van der Waals surface area contributed by atoms with Gasteiger partial charge in [0.2, 0.25) is 5.91 Å². The summed E-state index contributed by atoms with van der Waals surface area (Å²) in [7, 11) is -4.42. The summed E-state index contributed by atoms with van der Waals surface area (Å²) in [6.45, 7) is 3.42. The number of rotatable bonds is 41. The predicted octanol–water partition coefficient (Wildman–Crippen LogP) is 12.5. The normalized spacial score (nSPS) is 13.9. The molecule has 0 aromatic rings. The van der Waals surface area contributed by atoms with Gasteiger partial charge in [-0.3, -0.25) is 18.6 Å². The molecule has 1 amide bonds. The molecular formula is C46H82NO8P. The standard InChI is InChI=1S/C46H82NO8P/c1-3-5-7-9-11-13-15-17-19-20-21-22-23-24-25-26-28-30-32-34-36-38-45(49)47-40-41-54-56(51,52)55-43-44(48)42-53-46(50)39-37-35-33-31-29-27-18-16-14-12-10-8-6-4-2/h5,7,11,13,17,19,21-22,24-25,44,48H,3-4,6,8-10,12,14-16,18,20,23,26-43H2,1-2H3,(H,47,49)(H,51,52)/b7-5-,13-11-,19-17-,22-21-,25-24-. The average Bonchev–Trinajstić information content (AvgIpc) is 3.18. The molecular weight excluding hydrogens is 725 g/mol. The molecule has 0 aliphatic carbocycles. The van der Waals surface area contributed by atoms with Crippen LogP contribution in [0, 0.1) is 0 Å². The first kappa shape index (κ1) is 53.7. The smallest absolute Gasteiger partial charge is 0.463 e. The number of nitrogens with one attached hydrogen (secondary N) is 1. The van der Waals surface area contributed by atoms with E-state index < -0.39 is 26.5 Å². The fourth-order valence-corrected chi connectivity index (χ4v) is 6.63. The van der Waals surface area contributed by atoms with E-state index in [9.17, 15) is 24.2 Å². The van der Waals surface area contributed by atoms with Crippen molar-refractivity contribution in [3.63, 3.8) is 0 Å². The maximum atomic E-state index is 12.1. The summed E-state index contributed by atoms with van der Waals surface area (Å²) in [4.78, 5) is 33.9. The third-order valence-electron chi connectivity index (χ3n) is 9.21. The molecule has 0 aromatic heterocycles. The highest BCUT2D eigenvalue weighted by Crippen LogP contribution is 2.42. The first-order valence-electron chi connectivity index (χ1n) is 22.3. The van der Waals surface area contributed by atoms with Gasteiger partial charge in [0.05, 0.1) is 13.2 Å². The van der Waals surface area contributed by atoms with Crippen LogP contribution in [0.2, 0.25) is 0 Å². The summed E-state index contributed by atoms with van der Waals surface area (Å²) in [6, 6.07) is 0. The predicted molar refractivity (Wildman–Crippen MR) is 233 cm³/mol. The monoisotopic (exact) mass is 808 g/mol. The molecule has 0 aliphatic heterocycles. The second kappa shape index (κ2) is 42.3. The Labute approximate surface area is 342 Å². The minimum absolute atomic E-state index is 0.0689. The molecule has 0 saturated heterocycles. The number of esters is 1. The Bertz CT molecular complexity index is 1100. The van der Waals surface area contributed by atoms with Gasteiger partial charge in [-0.1, -0.05) is 177 Å². The summed E-state index contributed by atoms with van der Waals surface area (Å²) in [5.74, 6) is -0.535. The number of unbranched alkanes of at least 4 members (excludes halogenated alkanes) is 18. The van der Waals surface area contributed by atoms with E-state index in [0.29, 0.717) is 6.42 Å². The van der Waals surface area contributed by atoms with Gasteiger partial charge in [0.1, 0.15) is 12.7 Å². The topological polar surface area (TPSA) is 131 Å². The second-order valence-electron chi connectivity index (χ2n) is 14.6. The third-order valence-corrected chi connectivity index (χ3v) is 10.2. The Balaban J connectivity index is 3.64. The van der Waals surface area contributed by atoms with Crippen LogP contribution in [0.3, 0.4) is 0 Å². The van der Waals surface area contributed by atoms with Crippen LogP contribution in [-0.2, 0) is 27.9 Å². The number of phosphoric ester groups is 1. The highest BCUT2D eigenvalue weighted by Gasteiger charge is 2.23. The van der Waals surface area contributed by atoms with E-state index >= 15 is 0 Å². The van der Waals surface area contributed by atoms with Crippen LogP contribution in [0.15, 0.2) is 60.8 Å². The van der Waals surface area contributed by atoms with Crippen molar-refractivity contribution in [3.8, 4) is 0 Å². The maximum Gasteiger partial charge on any atom is 0.472 e. The van der Waals surface area contributed by atoms with Gasteiger partial charge in [-0.15, -0.1) is 0 Å². The molecule has 0 fully saturated rings. The van der Waals surface area contributed by atoms with Gasteiger partial charge in [-0.05, 0) is 57.8 Å². The number of amides is 1. The van der Waals surface area contributed by atoms with E-state index in [2.05, 4.69) is 79.9 Å². The van der Waals surface area contributed by atoms with E-state index in [1.807, 2.05) is 0 Å². The third kappa shape index (κ3) is 42.8. The average molecular weight is 808 g/mol. The molecule has 0 saturated carbocycles. The number of aliphatic hydroxyl groups is 1. The SMILES string of the molecule is CC/C=C\C/C=C\C/C=C\C/C=C\C/C=C\CCCCCCCC(=O)NCCOP(=O)(O)OCC(O)COC(=O)CCCCCCCCCCCCCCCC. The molecule has 0 rings (SSSR count). The quantitative estimate of drug-likeness (QED) is 0.0241. The molecule has 10 heteroatoms. The van der Waals surface area contributed by atoms with Crippen LogP contribution in [0.5, 0.6) is 0 Å². The van der Waals surface area contributed by atoms with Crippen molar-refractivity contribution in [2.24, 2.45) is 0 Å². The van der Waals surface area contributed by atoms with E-state index in [4.69, 9.17) is 13.8 Å². The largest absolute Gasteiger partial charge is 0.472 e. The van der Waals surface area contributed by atoms with Crippen LogP contribution >= 0.6 is 7.82 Å². The van der Waals surface area contributed by atoms with Crippen molar-refractivity contribution in [1.29, 1.82) is 0 Å². The van der Waals surface area contributed by atoms with Crippen molar-refractivity contribution in [2.45, 2.75) is 193 Å².